The fourth-order valence-corrected chi connectivity index (χ4v) is 0.943. The second-order valence-electron chi connectivity index (χ2n) is 2.26. The summed E-state index contributed by atoms with van der Waals surface area (Å²) in [7, 11) is 1.58. The van der Waals surface area contributed by atoms with Gasteiger partial charge >= 0.3 is 0 Å². The van der Waals surface area contributed by atoms with Crippen molar-refractivity contribution in [2.24, 2.45) is 5.16 Å². The van der Waals surface area contributed by atoms with Crippen LogP contribution in [0.15, 0.2) is 16.8 Å². The van der Waals surface area contributed by atoms with Gasteiger partial charge in [-0.25, -0.2) is 0 Å². The molecule has 0 saturated heterocycles. The van der Waals surface area contributed by atoms with E-state index in [9.17, 15) is 0 Å². The maximum Gasteiger partial charge on any atom is 0.106 e. The van der Waals surface area contributed by atoms with Crippen molar-refractivity contribution in [3.63, 3.8) is 0 Å². The van der Waals surface area contributed by atoms with Gasteiger partial charge in [0.1, 0.15) is 7.11 Å². The first kappa shape index (κ1) is 6.33. The molecule has 0 spiro atoms. The SMILES string of the molecule is CO/N=C1/C=C(C)CC1. The summed E-state index contributed by atoms with van der Waals surface area (Å²) in [5, 5.41) is 3.81. The lowest BCUT2D eigenvalue weighted by Gasteiger charge is -1.88. The molecule has 0 unspecified atom stereocenters. The van der Waals surface area contributed by atoms with E-state index in [-0.39, 0.29) is 0 Å². The Hall–Kier alpha value is -0.790. The van der Waals surface area contributed by atoms with Gasteiger partial charge in [0.2, 0.25) is 0 Å². The first-order valence-electron chi connectivity index (χ1n) is 3.10. The quantitative estimate of drug-likeness (QED) is 0.489. The lowest BCUT2D eigenvalue weighted by Crippen LogP contribution is -1.86. The van der Waals surface area contributed by atoms with Gasteiger partial charge in [-0.05, 0) is 25.8 Å². The van der Waals surface area contributed by atoms with Gasteiger partial charge in [-0.2, -0.15) is 0 Å². The Labute approximate surface area is 55.2 Å². The summed E-state index contributed by atoms with van der Waals surface area (Å²) < 4.78 is 0. The number of nitrogens with zero attached hydrogens (tertiary/aromatic N) is 1. The van der Waals surface area contributed by atoms with Crippen LogP contribution in [0.1, 0.15) is 19.8 Å². The summed E-state index contributed by atoms with van der Waals surface area (Å²) in [6.45, 7) is 2.11. The zero-order valence-electron chi connectivity index (χ0n) is 5.85. The third-order valence-electron chi connectivity index (χ3n) is 1.40. The fraction of sp³-hybridized carbons (Fsp3) is 0.571. The first-order chi connectivity index (χ1) is 4.33. The van der Waals surface area contributed by atoms with Crippen LogP contribution in [-0.4, -0.2) is 12.8 Å². The lowest BCUT2D eigenvalue weighted by atomic mass is 10.3. The summed E-state index contributed by atoms with van der Waals surface area (Å²) >= 11 is 0. The minimum Gasteiger partial charge on any atom is -0.399 e. The molecule has 0 bridgehead atoms. The summed E-state index contributed by atoms with van der Waals surface area (Å²) in [6, 6.07) is 0. The van der Waals surface area contributed by atoms with Crippen LogP contribution in [0.2, 0.25) is 0 Å². The Bertz CT molecular complexity index is 158. The zero-order chi connectivity index (χ0) is 6.69. The van der Waals surface area contributed by atoms with Crippen LogP contribution < -0.4 is 0 Å². The predicted molar refractivity (Wildman–Crippen MR) is 37.4 cm³/mol. The number of oxime groups is 1. The summed E-state index contributed by atoms with van der Waals surface area (Å²) in [5.74, 6) is 0. The van der Waals surface area contributed by atoms with E-state index in [4.69, 9.17) is 0 Å². The van der Waals surface area contributed by atoms with Crippen molar-refractivity contribution in [3.05, 3.63) is 11.6 Å². The molecule has 2 nitrogen and oxygen atoms in total. The third kappa shape index (κ3) is 1.56. The molecular formula is C7H11NO. The highest BCUT2D eigenvalue weighted by Crippen LogP contribution is 2.14. The van der Waals surface area contributed by atoms with Gasteiger partial charge in [0.15, 0.2) is 0 Å². The minimum absolute atomic E-state index is 1.04. The molecule has 0 aromatic rings. The van der Waals surface area contributed by atoms with Gasteiger partial charge in [-0.3, -0.25) is 0 Å². The molecule has 0 heterocycles. The van der Waals surface area contributed by atoms with Crippen molar-refractivity contribution in [2.75, 3.05) is 7.11 Å². The van der Waals surface area contributed by atoms with Gasteiger partial charge in [0.25, 0.3) is 0 Å². The van der Waals surface area contributed by atoms with Crippen LogP contribution in [0.3, 0.4) is 0 Å². The average molecular weight is 125 g/mol. The minimum atomic E-state index is 1.04. The van der Waals surface area contributed by atoms with Gasteiger partial charge in [0.05, 0.1) is 5.71 Å². The molecule has 0 aliphatic heterocycles. The van der Waals surface area contributed by atoms with Crippen molar-refractivity contribution >= 4 is 5.71 Å². The van der Waals surface area contributed by atoms with Gasteiger partial charge < -0.3 is 4.84 Å². The molecule has 0 atom stereocenters. The summed E-state index contributed by atoms with van der Waals surface area (Å²) in [5.41, 5.74) is 2.46. The molecule has 0 aromatic carbocycles. The zero-order valence-corrected chi connectivity index (χ0v) is 5.85. The maximum atomic E-state index is 4.62. The number of rotatable bonds is 1. The van der Waals surface area contributed by atoms with Crippen molar-refractivity contribution in [1.29, 1.82) is 0 Å². The first-order valence-corrected chi connectivity index (χ1v) is 3.10. The maximum absolute atomic E-state index is 4.62. The van der Waals surface area contributed by atoms with Gasteiger partial charge in [-0.15, -0.1) is 0 Å². The van der Waals surface area contributed by atoms with Crippen LogP contribution in [-0.2, 0) is 4.84 Å². The van der Waals surface area contributed by atoms with Crippen LogP contribution in [0.5, 0.6) is 0 Å². The van der Waals surface area contributed by atoms with E-state index in [1.807, 2.05) is 0 Å². The molecule has 0 N–H and O–H groups in total. The Kier molecular flexibility index (Phi) is 1.88. The van der Waals surface area contributed by atoms with Crippen LogP contribution in [0.25, 0.3) is 0 Å². The van der Waals surface area contributed by atoms with Crippen molar-refractivity contribution in [3.8, 4) is 0 Å². The van der Waals surface area contributed by atoms with Crippen molar-refractivity contribution in [2.45, 2.75) is 19.8 Å². The highest BCUT2D eigenvalue weighted by Gasteiger charge is 2.05. The van der Waals surface area contributed by atoms with Crippen molar-refractivity contribution < 1.29 is 4.84 Å². The van der Waals surface area contributed by atoms with Crippen LogP contribution in [0.4, 0.5) is 0 Å². The average Bonchev–Trinajstić information content (AvgIpc) is 2.17. The van der Waals surface area contributed by atoms with E-state index < -0.39 is 0 Å². The van der Waals surface area contributed by atoms with E-state index in [1.54, 1.807) is 7.11 Å². The molecule has 1 aliphatic carbocycles. The smallest absolute Gasteiger partial charge is 0.106 e. The number of hydrogen-bond acceptors (Lipinski definition) is 2. The monoisotopic (exact) mass is 125 g/mol. The predicted octanol–water partition coefficient (Wildman–Crippen LogP) is 1.73. The molecule has 2 heteroatoms. The molecule has 0 fully saturated rings. The second kappa shape index (κ2) is 2.67. The molecule has 1 aliphatic rings. The lowest BCUT2D eigenvalue weighted by molar-refractivity contribution is 0.213. The van der Waals surface area contributed by atoms with Crippen LogP contribution >= 0.6 is 0 Å². The normalized spacial score (nSPS) is 22.4. The molecule has 1 rings (SSSR count). The molecule has 0 radical (unpaired) electrons. The Morgan fingerprint density at radius 1 is 1.56 bits per heavy atom. The summed E-state index contributed by atoms with van der Waals surface area (Å²) in [4.78, 5) is 4.62. The molecular weight excluding hydrogens is 114 g/mol. The molecule has 0 saturated carbocycles. The third-order valence-corrected chi connectivity index (χ3v) is 1.40. The molecule has 0 aromatic heterocycles. The van der Waals surface area contributed by atoms with E-state index >= 15 is 0 Å². The van der Waals surface area contributed by atoms with Crippen molar-refractivity contribution in [1.82, 2.24) is 0 Å². The molecule has 9 heavy (non-hydrogen) atoms. The highest BCUT2D eigenvalue weighted by molar-refractivity contribution is 5.97. The standard InChI is InChI=1S/C7H11NO/c1-6-3-4-7(5-6)8-9-2/h5H,3-4H2,1-2H3/b8-7+. The van der Waals surface area contributed by atoms with E-state index in [1.165, 1.54) is 5.57 Å². The van der Waals surface area contributed by atoms with Crippen LogP contribution in [0, 0.1) is 0 Å². The van der Waals surface area contributed by atoms with E-state index in [2.05, 4.69) is 23.0 Å². The Balaban J connectivity index is 2.57. The number of hydrogen-bond donors (Lipinski definition) is 0. The fourth-order valence-electron chi connectivity index (χ4n) is 0.943. The second-order valence-corrected chi connectivity index (χ2v) is 2.26. The Morgan fingerprint density at radius 2 is 2.33 bits per heavy atom. The molecule has 50 valence electrons. The highest BCUT2D eigenvalue weighted by atomic mass is 16.6. The van der Waals surface area contributed by atoms with Gasteiger partial charge in [-0.1, -0.05) is 10.7 Å². The van der Waals surface area contributed by atoms with E-state index in [0.717, 1.165) is 18.6 Å². The number of allylic oxidation sites excluding steroid dienone is 2. The Morgan fingerprint density at radius 3 is 2.78 bits per heavy atom. The topological polar surface area (TPSA) is 21.6 Å². The largest absolute Gasteiger partial charge is 0.399 e. The summed E-state index contributed by atoms with van der Waals surface area (Å²) in [6.07, 6.45) is 4.26. The van der Waals surface area contributed by atoms with E-state index in [0.29, 0.717) is 0 Å². The molecule has 0 amide bonds. The van der Waals surface area contributed by atoms with Gasteiger partial charge in [0, 0.05) is 0 Å².